The quantitative estimate of drug-likeness (QED) is 0.786. The maximum Gasteiger partial charge on any atom is 0.233 e. The van der Waals surface area contributed by atoms with E-state index in [-0.39, 0.29) is 17.7 Å². The molecular formula is C19H23N3O4. The molecule has 2 aliphatic heterocycles. The second-order valence-electron chi connectivity index (χ2n) is 6.96. The van der Waals surface area contributed by atoms with E-state index < -0.39 is 0 Å². The first kappa shape index (κ1) is 17.0. The Bertz CT molecular complexity index is 764. The molecule has 2 fully saturated rings. The maximum absolute atomic E-state index is 12.3. The molecule has 7 nitrogen and oxygen atoms in total. The van der Waals surface area contributed by atoms with Crippen LogP contribution >= 0.6 is 0 Å². The van der Waals surface area contributed by atoms with Crippen LogP contribution in [0.4, 0.5) is 0 Å². The Morgan fingerprint density at radius 3 is 3.04 bits per heavy atom. The molecule has 1 aromatic heterocycles. The van der Waals surface area contributed by atoms with Crippen LogP contribution in [0, 0.1) is 12.8 Å². The first-order chi connectivity index (χ1) is 12.7. The number of rotatable bonds is 6. The van der Waals surface area contributed by atoms with E-state index in [9.17, 15) is 4.79 Å². The van der Waals surface area contributed by atoms with Crippen LogP contribution in [0.25, 0.3) is 0 Å². The Labute approximate surface area is 152 Å². The van der Waals surface area contributed by atoms with Crippen LogP contribution < -0.4 is 4.74 Å². The van der Waals surface area contributed by atoms with Gasteiger partial charge < -0.3 is 18.9 Å². The SMILES string of the molecule is Cc1cccc(OCCc2noc(C3CN(C(=O)C4CCOC4)C3)n2)c1. The average molecular weight is 357 g/mol. The molecule has 3 heterocycles. The Morgan fingerprint density at radius 2 is 2.27 bits per heavy atom. The van der Waals surface area contributed by atoms with Gasteiger partial charge in [-0.1, -0.05) is 17.3 Å². The topological polar surface area (TPSA) is 77.7 Å². The molecule has 2 saturated heterocycles. The van der Waals surface area contributed by atoms with Gasteiger partial charge in [0.15, 0.2) is 5.82 Å². The van der Waals surface area contributed by atoms with Gasteiger partial charge in [-0.25, -0.2) is 0 Å². The summed E-state index contributed by atoms with van der Waals surface area (Å²) in [7, 11) is 0. The van der Waals surface area contributed by atoms with Gasteiger partial charge in [0.2, 0.25) is 11.8 Å². The number of aromatic nitrogens is 2. The molecule has 4 rings (SSSR count). The van der Waals surface area contributed by atoms with Crippen molar-refractivity contribution in [2.24, 2.45) is 5.92 Å². The minimum Gasteiger partial charge on any atom is -0.493 e. The fourth-order valence-electron chi connectivity index (χ4n) is 3.30. The zero-order chi connectivity index (χ0) is 17.9. The highest BCUT2D eigenvalue weighted by molar-refractivity contribution is 5.80. The average Bonchev–Trinajstić information content (AvgIpc) is 3.25. The van der Waals surface area contributed by atoms with Crippen molar-refractivity contribution in [1.29, 1.82) is 0 Å². The highest BCUT2D eigenvalue weighted by atomic mass is 16.5. The van der Waals surface area contributed by atoms with Gasteiger partial charge in [0.05, 0.1) is 25.0 Å². The molecule has 0 N–H and O–H groups in total. The molecule has 1 aromatic carbocycles. The Kier molecular flexibility index (Phi) is 4.88. The second-order valence-corrected chi connectivity index (χ2v) is 6.96. The number of hydrogen-bond acceptors (Lipinski definition) is 6. The molecule has 0 radical (unpaired) electrons. The number of likely N-dealkylation sites (tertiary alicyclic amines) is 1. The number of aryl methyl sites for hydroxylation is 1. The standard InChI is InChI=1S/C19H23N3O4/c1-13-3-2-4-16(9-13)25-8-6-17-20-18(26-21-17)15-10-22(11-15)19(23)14-5-7-24-12-14/h2-4,9,14-15H,5-8,10-12H2,1H3. The summed E-state index contributed by atoms with van der Waals surface area (Å²) in [6, 6.07) is 7.93. The largest absolute Gasteiger partial charge is 0.493 e. The van der Waals surface area contributed by atoms with Crippen LogP contribution in [0.2, 0.25) is 0 Å². The fourth-order valence-corrected chi connectivity index (χ4v) is 3.30. The van der Waals surface area contributed by atoms with Crippen molar-refractivity contribution >= 4 is 5.91 Å². The summed E-state index contributed by atoms with van der Waals surface area (Å²) in [6.45, 7) is 5.06. The van der Waals surface area contributed by atoms with E-state index in [0.717, 1.165) is 17.7 Å². The molecule has 0 saturated carbocycles. The summed E-state index contributed by atoms with van der Waals surface area (Å²) in [5, 5.41) is 4.03. The lowest BCUT2D eigenvalue weighted by molar-refractivity contribution is -0.140. The van der Waals surface area contributed by atoms with E-state index in [1.165, 1.54) is 0 Å². The number of carbonyl (C=O) groups is 1. The molecule has 1 atom stereocenters. The van der Waals surface area contributed by atoms with E-state index in [1.807, 2.05) is 36.1 Å². The third-order valence-electron chi connectivity index (χ3n) is 4.89. The van der Waals surface area contributed by atoms with Crippen LogP contribution in [0.15, 0.2) is 28.8 Å². The number of amides is 1. The van der Waals surface area contributed by atoms with Crippen molar-refractivity contribution in [1.82, 2.24) is 15.0 Å². The number of ether oxygens (including phenoxy) is 2. The van der Waals surface area contributed by atoms with E-state index in [4.69, 9.17) is 14.0 Å². The van der Waals surface area contributed by atoms with Gasteiger partial charge >= 0.3 is 0 Å². The highest BCUT2D eigenvalue weighted by Gasteiger charge is 2.39. The van der Waals surface area contributed by atoms with E-state index in [2.05, 4.69) is 10.1 Å². The predicted molar refractivity (Wildman–Crippen MR) is 92.9 cm³/mol. The van der Waals surface area contributed by atoms with Gasteiger partial charge in [-0.3, -0.25) is 4.79 Å². The molecule has 2 aliphatic rings. The molecule has 0 bridgehead atoms. The van der Waals surface area contributed by atoms with Gasteiger partial charge in [-0.2, -0.15) is 4.98 Å². The predicted octanol–water partition coefficient (Wildman–Crippen LogP) is 1.96. The molecule has 138 valence electrons. The lowest BCUT2D eigenvalue weighted by atomic mass is 9.97. The fraction of sp³-hybridized carbons (Fsp3) is 0.526. The third kappa shape index (κ3) is 3.72. The summed E-state index contributed by atoms with van der Waals surface area (Å²) >= 11 is 0. The number of nitrogens with zero attached hydrogens (tertiary/aromatic N) is 3. The number of benzene rings is 1. The molecule has 0 spiro atoms. The molecular weight excluding hydrogens is 334 g/mol. The van der Waals surface area contributed by atoms with Crippen molar-refractivity contribution < 1.29 is 18.8 Å². The minimum absolute atomic E-state index is 0.0213. The summed E-state index contributed by atoms with van der Waals surface area (Å²) in [6.07, 6.45) is 1.41. The first-order valence-electron chi connectivity index (χ1n) is 9.07. The first-order valence-corrected chi connectivity index (χ1v) is 9.07. The van der Waals surface area contributed by atoms with Crippen LogP contribution in [-0.2, 0) is 16.0 Å². The van der Waals surface area contributed by atoms with Crippen LogP contribution in [0.5, 0.6) is 5.75 Å². The minimum atomic E-state index is 0.0213. The Hall–Kier alpha value is -2.41. The van der Waals surface area contributed by atoms with Crippen molar-refractivity contribution in [2.45, 2.75) is 25.7 Å². The van der Waals surface area contributed by atoms with E-state index >= 15 is 0 Å². The molecule has 1 unspecified atom stereocenters. The molecule has 1 amide bonds. The molecule has 2 aromatic rings. The Balaban J connectivity index is 1.23. The normalized spacial score (nSPS) is 20.2. The maximum atomic E-state index is 12.3. The van der Waals surface area contributed by atoms with Crippen molar-refractivity contribution in [3.05, 3.63) is 41.5 Å². The third-order valence-corrected chi connectivity index (χ3v) is 4.89. The second kappa shape index (κ2) is 7.45. The van der Waals surface area contributed by atoms with E-state index in [0.29, 0.717) is 51.0 Å². The van der Waals surface area contributed by atoms with Crippen LogP contribution in [0.1, 0.15) is 29.6 Å². The van der Waals surface area contributed by atoms with Gasteiger partial charge in [0.1, 0.15) is 5.75 Å². The van der Waals surface area contributed by atoms with Crippen molar-refractivity contribution in [3.63, 3.8) is 0 Å². The molecule has 26 heavy (non-hydrogen) atoms. The summed E-state index contributed by atoms with van der Waals surface area (Å²) < 4.78 is 16.4. The van der Waals surface area contributed by atoms with Crippen molar-refractivity contribution in [2.75, 3.05) is 32.9 Å². The van der Waals surface area contributed by atoms with Crippen LogP contribution in [-0.4, -0.2) is 53.9 Å². The lowest BCUT2D eigenvalue weighted by Gasteiger charge is -2.38. The summed E-state index contributed by atoms with van der Waals surface area (Å²) in [5.74, 6) is 2.44. The monoisotopic (exact) mass is 357 g/mol. The molecule has 0 aliphatic carbocycles. The lowest BCUT2D eigenvalue weighted by Crippen LogP contribution is -2.51. The van der Waals surface area contributed by atoms with Gasteiger partial charge in [0.25, 0.3) is 0 Å². The van der Waals surface area contributed by atoms with E-state index in [1.54, 1.807) is 0 Å². The smallest absolute Gasteiger partial charge is 0.233 e. The van der Waals surface area contributed by atoms with Crippen LogP contribution in [0.3, 0.4) is 0 Å². The number of carbonyl (C=O) groups excluding carboxylic acids is 1. The zero-order valence-corrected chi connectivity index (χ0v) is 14.9. The van der Waals surface area contributed by atoms with Gasteiger partial charge in [0, 0.05) is 26.1 Å². The zero-order valence-electron chi connectivity index (χ0n) is 14.9. The van der Waals surface area contributed by atoms with Gasteiger partial charge in [-0.15, -0.1) is 0 Å². The summed E-state index contributed by atoms with van der Waals surface area (Å²) in [4.78, 5) is 18.6. The number of hydrogen-bond donors (Lipinski definition) is 0. The summed E-state index contributed by atoms with van der Waals surface area (Å²) in [5.41, 5.74) is 1.16. The van der Waals surface area contributed by atoms with Crippen molar-refractivity contribution in [3.8, 4) is 5.75 Å². The Morgan fingerprint density at radius 1 is 1.38 bits per heavy atom. The highest BCUT2D eigenvalue weighted by Crippen LogP contribution is 2.28. The van der Waals surface area contributed by atoms with Gasteiger partial charge in [-0.05, 0) is 31.0 Å². The molecule has 7 heteroatoms.